The highest BCUT2D eigenvalue weighted by Gasteiger charge is 2.35. The maximum absolute atomic E-state index is 10.3. The Morgan fingerprint density at radius 2 is 2.00 bits per heavy atom. The summed E-state index contributed by atoms with van der Waals surface area (Å²) in [7, 11) is 4.37. The zero-order valence-corrected chi connectivity index (χ0v) is 13.2. The first kappa shape index (κ1) is 15.3. The lowest BCUT2D eigenvalue weighted by Crippen LogP contribution is -2.49. The molecule has 3 heteroatoms. The van der Waals surface area contributed by atoms with Gasteiger partial charge in [-0.15, -0.1) is 0 Å². The number of aliphatic hydroxyl groups excluding tert-OH is 1. The van der Waals surface area contributed by atoms with Gasteiger partial charge in [0.05, 0.1) is 6.10 Å². The Morgan fingerprint density at radius 1 is 1.26 bits per heavy atom. The molecule has 1 aliphatic heterocycles. The Kier molecular flexibility index (Phi) is 4.91. The second-order valence-electron chi connectivity index (χ2n) is 7.75. The van der Waals surface area contributed by atoms with Crippen molar-refractivity contribution in [3.63, 3.8) is 0 Å². The third kappa shape index (κ3) is 4.17. The summed E-state index contributed by atoms with van der Waals surface area (Å²) in [5.41, 5.74) is 0.417. The van der Waals surface area contributed by atoms with Crippen LogP contribution in [0.15, 0.2) is 0 Å². The van der Waals surface area contributed by atoms with Crippen LogP contribution in [-0.2, 0) is 0 Å². The molecule has 2 fully saturated rings. The summed E-state index contributed by atoms with van der Waals surface area (Å²) in [6.45, 7) is 8.19. The molecule has 0 spiro atoms. The quantitative estimate of drug-likeness (QED) is 0.850. The fourth-order valence-electron chi connectivity index (χ4n) is 3.86. The van der Waals surface area contributed by atoms with Gasteiger partial charge in [-0.3, -0.25) is 0 Å². The van der Waals surface area contributed by atoms with E-state index in [9.17, 15) is 5.11 Å². The summed E-state index contributed by atoms with van der Waals surface area (Å²) in [5.74, 6) is 0.477. The van der Waals surface area contributed by atoms with E-state index < -0.39 is 0 Å². The van der Waals surface area contributed by atoms with Crippen LogP contribution >= 0.6 is 0 Å². The number of hydrogen-bond donors (Lipinski definition) is 1. The lowest BCUT2D eigenvalue weighted by atomic mass is 9.70. The Hall–Kier alpha value is -0.120. The minimum atomic E-state index is -0.0762. The molecule has 0 aromatic carbocycles. The van der Waals surface area contributed by atoms with E-state index in [-0.39, 0.29) is 6.10 Å². The standard InChI is InChI=1S/C16H32N2O/c1-16(2)8-7-15(19)13(10-16)11-18-9-5-6-14(12-18)17(3)4/h13-15,19H,5-12H2,1-4H3. The summed E-state index contributed by atoms with van der Waals surface area (Å²) < 4.78 is 0. The molecular formula is C16H32N2O. The lowest BCUT2D eigenvalue weighted by Gasteiger charge is -2.43. The molecule has 2 aliphatic rings. The van der Waals surface area contributed by atoms with Gasteiger partial charge in [-0.25, -0.2) is 0 Å². The Balaban J connectivity index is 1.88. The predicted molar refractivity (Wildman–Crippen MR) is 80.3 cm³/mol. The number of rotatable bonds is 3. The third-order valence-corrected chi connectivity index (χ3v) is 5.18. The summed E-state index contributed by atoms with van der Waals surface area (Å²) in [4.78, 5) is 4.94. The number of aliphatic hydroxyl groups is 1. The van der Waals surface area contributed by atoms with Crippen LogP contribution in [0.3, 0.4) is 0 Å². The van der Waals surface area contributed by atoms with E-state index in [0.717, 1.165) is 13.0 Å². The molecule has 1 heterocycles. The number of piperidine rings is 1. The molecule has 0 amide bonds. The van der Waals surface area contributed by atoms with Crippen molar-refractivity contribution in [1.82, 2.24) is 9.80 Å². The van der Waals surface area contributed by atoms with Crippen molar-refractivity contribution in [1.29, 1.82) is 0 Å². The first-order valence-electron chi connectivity index (χ1n) is 7.94. The van der Waals surface area contributed by atoms with Crippen molar-refractivity contribution in [3.05, 3.63) is 0 Å². The monoisotopic (exact) mass is 268 g/mol. The third-order valence-electron chi connectivity index (χ3n) is 5.18. The molecule has 1 N–H and O–H groups in total. The minimum absolute atomic E-state index is 0.0762. The van der Waals surface area contributed by atoms with Crippen molar-refractivity contribution in [2.75, 3.05) is 33.7 Å². The van der Waals surface area contributed by atoms with Gasteiger partial charge >= 0.3 is 0 Å². The van der Waals surface area contributed by atoms with Crippen LogP contribution in [0, 0.1) is 11.3 Å². The van der Waals surface area contributed by atoms with Crippen LogP contribution in [0.2, 0.25) is 0 Å². The number of nitrogens with zero attached hydrogens (tertiary/aromatic N) is 2. The number of likely N-dealkylation sites (tertiary alicyclic amines) is 1. The van der Waals surface area contributed by atoms with Crippen LogP contribution in [0.1, 0.15) is 46.0 Å². The molecule has 19 heavy (non-hydrogen) atoms. The number of likely N-dealkylation sites (N-methyl/N-ethyl adjacent to an activating group) is 1. The summed E-state index contributed by atoms with van der Waals surface area (Å²) in [6, 6.07) is 0.697. The highest BCUT2D eigenvalue weighted by molar-refractivity contribution is 4.88. The minimum Gasteiger partial charge on any atom is -0.393 e. The van der Waals surface area contributed by atoms with Gasteiger partial charge in [0, 0.05) is 19.1 Å². The van der Waals surface area contributed by atoms with E-state index >= 15 is 0 Å². The smallest absolute Gasteiger partial charge is 0.0581 e. The summed E-state index contributed by atoms with van der Waals surface area (Å²) in [5, 5.41) is 10.3. The molecule has 1 saturated carbocycles. The van der Waals surface area contributed by atoms with E-state index in [1.807, 2.05) is 0 Å². The highest BCUT2D eigenvalue weighted by atomic mass is 16.3. The van der Waals surface area contributed by atoms with Gasteiger partial charge in [0.2, 0.25) is 0 Å². The molecule has 2 rings (SSSR count). The highest BCUT2D eigenvalue weighted by Crippen LogP contribution is 2.39. The van der Waals surface area contributed by atoms with Gasteiger partial charge in [-0.1, -0.05) is 13.8 Å². The number of hydrogen-bond acceptors (Lipinski definition) is 3. The second kappa shape index (κ2) is 6.11. The van der Waals surface area contributed by atoms with Crippen molar-refractivity contribution in [2.45, 2.75) is 58.1 Å². The predicted octanol–water partition coefficient (Wildman–Crippen LogP) is 2.20. The van der Waals surface area contributed by atoms with Gasteiger partial charge < -0.3 is 14.9 Å². The first-order valence-corrected chi connectivity index (χ1v) is 7.94. The molecule has 0 aromatic rings. The molecule has 3 nitrogen and oxygen atoms in total. The Labute approximate surface area is 119 Å². The molecule has 0 radical (unpaired) electrons. The Bertz CT molecular complexity index is 290. The van der Waals surface area contributed by atoms with E-state index in [1.54, 1.807) is 0 Å². The van der Waals surface area contributed by atoms with Crippen molar-refractivity contribution < 1.29 is 5.11 Å². The normalized spacial score (nSPS) is 36.6. The average Bonchev–Trinajstić information content (AvgIpc) is 2.34. The maximum atomic E-state index is 10.3. The Morgan fingerprint density at radius 3 is 2.68 bits per heavy atom. The zero-order chi connectivity index (χ0) is 14.0. The largest absolute Gasteiger partial charge is 0.393 e. The van der Waals surface area contributed by atoms with Crippen molar-refractivity contribution in [3.8, 4) is 0 Å². The molecule has 3 atom stereocenters. The van der Waals surface area contributed by atoms with Crippen LogP contribution < -0.4 is 0 Å². The SMILES string of the molecule is CN(C)C1CCCN(CC2CC(C)(C)CCC2O)C1. The molecule has 112 valence electrons. The fraction of sp³-hybridized carbons (Fsp3) is 1.00. The van der Waals surface area contributed by atoms with Gasteiger partial charge in [0.15, 0.2) is 0 Å². The molecule has 0 bridgehead atoms. The van der Waals surface area contributed by atoms with E-state index in [1.165, 1.54) is 38.8 Å². The van der Waals surface area contributed by atoms with Gasteiger partial charge in [-0.2, -0.15) is 0 Å². The molecule has 0 aromatic heterocycles. The summed E-state index contributed by atoms with van der Waals surface area (Å²) >= 11 is 0. The van der Waals surface area contributed by atoms with Gasteiger partial charge in [-0.05, 0) is 64.1 Å². The average molecular weight is 268 g/mol. The fourth-order valence-corrected chi connectivity index (χ4v) is 3.86. The van der Waals surface area contributed by atoms with Crippen LogP contribution in [-0.4, -0.2) is 60.8 Å². The molecule has 1 aliphatic carbocycles. The summed E-state index contributed by atoms with van der Waals surface area (Å²) in [6.07, 6.45) is 5.88. The van der Waals surface area contributed by atoms with Crippen LogP contribution in [0.5, 0.6) is 0 Å². The molecular weight excluding hydrogens is 236 g/mol. The second-order valence-corrected chi connectivity index (χ2v) is 7.75. The van der Waals surface area contributed by atoms with Gasteiger partial charge in [0.1, 0.15) is 0 Å². The zero-order valence-electron chi connectivity index (χ0n) is 13.2. The van der Waals surface area contributed by atoms with E-state index in [4.69, 9.17) is 0 Å². The van der Waals surface area contributed by atoms with Gasteiger partial charge in [0.25, 0.3) is 0 Å². The lowest BCUT2D eigenvalue weighted by molar-refractivity contribution is -0.00378. The maximum Gasteiger partial charge on any atom is 0.0581 e. The van der Waals surface area contributed by atoms with E-state index in [2.05, 4.69) is 37.7 Å². The topological polar surface area (TPSA) is 26.7 Å². The molecule has 1 saturated heterocycles. The van der Waals surface area contributed by atoms with E-state index in [0.29, 0.717) is 17.4 Å². The molecule has 3 unspecified atom stereocenters. The van der Waals surface area contributed by atoms with Crippen molar-refractivity contribution in [2.24, 2.45) is 11.3 Å². The first-order chi connectivity index (χ1) is 8.87. The van der Waals surface area contributed by atoms with Crippen LogP contribution in [0.25, 0.3) is 0 Å². The van der Waals surface area contributed by atoms with Crippen molar-refractivity contribution >= 4 is 0 Å². The van der Waals surface area contributed by atoms with Crippen LogP contribution in [0.4, 0.5) is 0 Å².